The molecule has 120 valence electrons. The van der Waals surface area contributed by atoms with Crippen LogP contribution in [-0.2, 0) is 6.61 Å². The first-order valence-corrected chi connectivity index (χ1v) is 7.44. The number of carboxylic acids is 1. The Morgan fingerprint density at radius 2 is 1.75 bits per heavy atom. The number of hydrogen-bond acceptors (Lipinski definition) is 4. The molecule has 0 radical (unpaired) electrons. The van der Waals surface area contributed by atoms with Crippen molar-refractivity contribution in [3.63, 3.8) is 0 Å². The number of nitrogens with one attached hydrogen (secondary N) is 1. The van der Waals surface area contributed by atoms with Gasteiger partial charge >= 0.3 is 5.97 Å². The average Bonchev–Trinajstić information content (AvgIpc) is 2.62. The van der Waals surface area contributed by atoms with E-state index in [1.165, 1.54) is 6.07 Å². The largest absolute Gasteiger partial charge is 0.489 e. The number of rotatable bonds is 6. The van der Waals surface area contributed by atoms with Gasteiger partial charge in [-0.1, -0.05) is 30.3 Å². The summed E-state index contributed by atoms with van der Waals surface area (Å²) in [7, 11) is 0. The molecule has 0 aliphatic rings. The Bertz CT molecular complexity index is 818. The summed E-state index contributed by atoms with van der Waals surface area (Å²) in [6.45, 7) is 0.497. The molecule has 0 spiro atoms. The van der Waals surface area contributed by atoms with Crippen molar-refractivity contribution in [3.8, 4) is 5.75 Å². The van der Waals surface area contributed by atoms with E-state index in [-0.39, 0.29) is 5.56 Å². The smallest absolute Gasteiger partial charge is 0.339 e. The monoisotopic (exact) mass is 320 g/mol. The molecule has 0 fully saturated rings. The van der Waals surface area contributed by atoms with Crippen molar-refractivity contribution in [2.24, 2.45) is 0 Å². The van der Waals surface area contributed by atoms with Crippen molar-refractivity contribution in [1.29, 1.82) is 0 Å². The minimum atomic E-state index is -1.02. The molecule has 0 aliphatic heterocycles. The molecule has 0 saturated heterocycles. The molecule has 5 heteroatoms. The first kappa shape index (κ1) is 15.6. The molecule has 0 bridgehead atoms. The average molecular weight is 320 g/mol. The molecule has 0 saturated carbocycles. The van der Waals surface area contributed by atoms with Crippen LogP contribution in [0.25, 0.3) is 0 Å². The van der Waals surface area contributed by atoms with Gasteiger partial charge in [0.1, 0.15) is 23.7 Å². The molecule has 24 heavy (non-hydrogen) atoms. The highest BCUT2D eigenvalue weighted by molar-refractivity contribution is 5.93. The molecule has 2 aromatic carbocycles. The number of carboxylic acid groups (broad SMARTS) is 1. The third-order valence-corrected chi connectivity index (χ3v) is 3.40. The standard InChI is InChI=1S/C19H16N2O3/c22-19(23)17-7-4-12-20-18(17)21-15-8-10-16(11-9-15)24-13-14-5-2-1-3-6-14/h1-12H,13H2,(H,20,21)(H,22,23). The van der Waals surface area contributed by atoms with E-state index in [1.807, 2.05) is 54.6 Å². The van der Waals surface area contributed by atoms with Crippen molar-refractivity contribution in [2.45, 2.75) is 6.61 Å². The summed E-state index contributed by atoms with van der Waals surface area (Å²) in [6.07, 6.45) is 1.55. The van der Waals surface area contributed by atoms with Crippen LogP contribution in [0.3, 0.4) is 0 Å². The number of anilines is 2. The fraction of sp³-hybridized carbons (Fsp3) is 0.0526. The lowest BCUT2D eigenvalue weighted by Gasteiger charge is -2.10. The minimum Gasteiger partial charge on any atom is -0.489 e. The molecule has 1 heterocycles. The van der Waals surface area contributed by atoms with E-state index in [0.29, 0.717) is 12.4 Å². The fourth-order valence-corrected chi connectivity index (χ4v) is 2.19. The van der Waals surface area contributed by atoms with Gasteiger partial charge in [-0.05, 0) is 42.0 Å². The number of carbonyl (C=O) groups is 1. The highest BCUT2D eigenvalue weighted by Gasteiger charge is 2.10. The van der Waals surface area contributed by atoms with Crippen LogP contribution >= 0.6 is 0 Å². The normalized spacial score (nSPS) is 10.2. The summed E-state index contributed by atoms with van der Waals surface area (Å²) < 4.78 is 5.72. The Balaban J connectivity index is 1.66. The summed E-state index contributed by atoms with van der Waals surface area (Å²) in [5.41, 5.74) is 1.96. The van der Waals surface area contributed by atoms with Gasteiger partial charge in [0.2, 0.25) is 0 Å². The Hall–Kier alpha value is -3.34. The van der Waals surface area contributed by atoms with E-state index >= 15 is 0 Å². The van der Waals surface area contributed by atoms with E-state index < -0.39 is 5.97 Å². The maximum atomic E-state index is 11.2. The molecule has 0 aliphatic carbocycles. The minimum absolute atomic E-state index is 0.127. The summed E-state index contributed by atoms with van der Waals surface area (Å²) in [6, 6.07) is 20.3. The predicted molar refractivity (Wildman–Crippen MR) is 91.7 cm³/mol. The van der Waals surface area contributed by atoms with Crippen LogP contribution < -0.4 is 10.1 Å². The second kappa shape index (κ2) is 7.28. The predicted octanol–water partition coefficient (Wildman–Crippen LogP) is 4.10. The maximum absolute atomic E-state index is 11.2. The van der Waals surface area contributed by atoms with Crippen LogP contribution in [0.5, 0.6) is 5.75 Å². The Morgan fingerprint density at radius 3 is 2.46 bits per heavy atom. The first-order valence-electron chi connectivity index (χ1n) is 7.44. The van der Waals surface area contributed by atoms with Crippen LogP contribution in [0.2, 0.25) is 0 Å². The van der Waals surface area contributed by atoms with E-state index in [0.717, 1.165) is 17.0 Å². The van der Waals surface area contributed by atoms with E-state index in [4.69, 9.17) is 9.84 Å². The van der Waals surface area contributed by atoms with Gasteiger partial charge in [-0.2, -0.15) is 0 Å². The van der Waals surface area contributed by atoms with Crippen LogP contribution in [0.1, 0.15) is 15.9 Å². The number of benzene rings is 2. The number of nitrogens with zero attached hydrogens (tertiary/aromatic N) is 1. The zero-order valence-electron chi connectivity index (χ0n) is 12.8. The van der Waals surface area contributed by atoms with Crippen molar-refractivity contribution < 1.29 is 14.6 Å². The zero-order valence-corrected chi connectivity index (χ0v) is 12.8. The van der Waals surface area contributed by atoms with Crippen LogP contribution in [0, 0.1) is 0 Å². The Labute approximate surface area is 139 Å². The van der Waals surface area contributed by atoms with Gasteiger partial charge in [0.05, 0.1) is 0 Å². The zero-order chi connectivity index (χ0) is 16.8. The van der Waals surface area contributed by atoms with Crippen molar-refractivity contribution in [1.82, 2.24) is 4.98 Å². The van der Waals surface area contributed by atoms with Gasteiger partial charge in [0.25, 0.3) is 0 Å². The summed E-state index contributed by atoms with van der Waals surface area (Å²) in [4.78, 5) is 15.3. The quantitative estimate of drug-likeness (QED) is 0.715. The molecular formula is C19H16N2O3. The number of ether oxygens (including phenoxy) is 1. The van der Waals surface area contributed by atoms with Crippen LogP contribution in [-0.4, -0.2) is 16.1 Å². The Morgan fingerprint density at radius 1 is 1.00 bits per heavy atom. The van der Waals surface area contributed by atoms with Gasteiger partial charge in [0, 0.05) is 11.9 Å². The second-order valence-electron chi connectivity index (χ2n) is 5.13. The molecule has 0 amide bonds. The van der Waals surface area contributed by atoms with E-state index in [1.54, 1.807) is 12.3 Å². The highest BCUT2D eigenvalue weighted by Crippen LogP contribution is 2.21. The molecule has 5 nitrogen and oxygen atoms in total. The third kappa shape index (κ3) is 3.89. The van der Waals surface area contributed by atoms with Crippen LogP contribution in [0.4, 0.5) is 11.5 Å². The van der Waals surface area contributed by atoms with Crippen molar-refractivity contribution >= 4 is 17.5 Å². The number of aromatic nitrogens is 1. The lowest BCUT2D eigenvalue weighted by molar-refractivity contribution is 0.0697. The molecule has 3 aromatic rings. The Kier molecular flexibility index (Phi) is 4.72. The van der Waals surface area contributed by atoms with Crippen LogP contribution in [0.15, 0.2) is 72.9 Å². The molecular weight excluding hydrogens is 304 g/mol. The van der Waals surface area contributed by atoms with Crippen molar-refractivity contribution in [2.75, 3.05) is 5.32 Å². The molecule has 2 N–H and O–H groups in total. The van der Waals surface area contributed by atoms with Crippen molar-refractivity contribution in [3.05, 3.63) is 84.1 Å². The second-order valence-corrected chi connectivity index (χ2v) is 5.13. The summed E-state index contributed by atoms with van der Waals surface area (Å²) in [5, 5.41) is 12.2. The topological polar surface area (TPSA) is 71.5 Å². The highest BCUT2D eigenvalue weighted by atomic mass is 16.5. The van der Waals surface area contributed by atoms with Gasteiger partial charge < -0.3 is 15.2 Å². The van der Waals surface area contributed by atoms with Gasteiger partial charge in [-0.3, -0.25) is 0 Å². The number of hydrogen-bond donors (Lipinski definition) is 2. The number of pyridine rings is 1. The molecule has 3 rings (SSSR count). The van der Waals surface area contributed by atoms with E-state index in [9.17, 15) is 4.79 Å². The van der Waals surface area contributed by atoms with Gasteiger partial charge in [-0.15, -0.1) is 0 Å². The van der Waals surface area contributed by atoms with Gasteiger partial charge in [-0.25, -0.2) is 9.78 Å². The lowest BCUT2D eigenvalue weighted by Crippen LogP contribution is -2.04. The molecule has 0 unspecified atom stereocenters. The fourth-order valence-electron chi connectivity index (χ4n) is 2.19. The third-order valence-electron chi connectivity index (χ3n) is 3.40. The molecule has 1 aromatic heterocycles. The number of aromatic carboxylic acids is 1. The lowest BCUT2D eigenvalue weighted by atomic mass is 10.2. The maximum Gasteiger partial charge on any atom is 0.339 e. The first-order chi connectivity index (χ1) is 11.7. The van der Waals surface area contributed by atoms with E-state index in [2.05, 4.69) is 10.3 Å². The summed E-state index contributed by atoms with van der Waals surface area (Å²) in [5.74, 6) is 0.0280. The SMILES string of the molecule is O=C(O)c1cccnc1Nc1ccc(OCc2ccccc2)cc1. The van der Waals surface area contributed by atoms with Gasteiger partial charge in [0.15, 0.2) is 0 Å². The summed E-state index contributed by atoms with van der Waals surface area (Å²) >= 11 is 0. The molecule has 0 atom stereocenters.